The first-order valence-electron chi connectivity index (χ1n) is 12.1. The number of aliphatic imine (C=N–C) groups is 1. The summed E-state index contributed by atoms with van der Waals surface area (Å²) in [6.07, 6.45) is 4.62. The zero-order chi connectivity index (χ0) is 25.0. The number of nitrogens with two attached hydrogens (primary N) is 1. The van der Waals surface area contributed by atoms with Gasteiger partial charge in [0.15, 0.2) is 5.96 Å². The Labute approximate surface area is 213 Å². The highest BCUT2D eigenvalue weighted by Gasteiger charge is 2.48. The van der Waals surface area contributed by atoms with Crippen molar-refractivity contribution in [3.63, 3.8) is 0 Å². The molecule has 0 spiro atoms. The number of carbonyl (C=O) groups excluding carboxylic acids is 1. The summed E-state index contributed by atoms with van der Waals surface area (Å²) in [4.78, 5) is 21.0. The molecule has 36 heavy (non-hydrogen) atoms. The molecule has 0 bridgehead atoms. The van der Waals surface area contributed by atoms with Gasteiger partial charge in [0.25, 0.3) is 0 Å². The number of nitrogens with zero attached hydrogens (tertiary/aromatic N) is 5. The fraction of sp³-hybridized carbons (Fsp3) is 0.286. The van der Waals surface area contributed by atoms with Crippen LogP contribution in [0, 0.1) is 17.2 Å². The molecule has 8 heteroatoms. The van der Waals surface area contributed by atoms with Gasteiger partial charge in [0, 0.05) is 30.1 Å². The van der Waals surface area contributed by atoms with Crippen molar-refractivity contribution in [1.82, 2.24) is 14.7 Å². The summed E-state index contributed by atoms with van der Waals surface area (Å²) >= 11 is 1.56. The van der Waals surface area contributed by atoms with Crippen LogP contribution in [0.25, 0.3) is 22.0 Å². The fourth-order valence-corrected chi connectivity index (χ4v) is 6.10. The molecular weight excluding hydrogens is 468 g/mol. The van der Waals surface area contributed by atoms with E-state index in [9.17, 15) is 10.1 Å². The molecule has 6 rings (SSSR count). The smallest absolute Gasteiger partial charge is 0.239 e. The van der Waals surface area contributed by atoms with Gasteiger partial charge in [-0.05, 0) is 78.1 Å². The third kappa shape index (κ3) is 3.76. The Bertz CT molecular complexity index is 1570. The second-order valence-corrected chi connectivity index (χ2v) is 10.9. The molecule has 2 aromatic heterocycles. The average molecular weight is 495 g/mol. The molecular formula is C28H26N6OS. The SMILES string of the molecule is CN1C(=O)[C@@H](c2ccc3nn(CC4CC4)cc3c2)[C@@](C)(c2cc(-c3cccc(C#N)c3)cs2)N=C1N. The first-order chi connectivity index (χ1) is 17.4. The minimum absolute atomic E-state index is 0.0869. The molecule has 1 fully saturated rings. The predicted molar refractivity (Wildman–Crippen MR) is 141 cm³/mol. The first-order valence-corrected chi connectivity index (χ1v) is 12.9. The van der Waals surface area contributed by atoms with E-state index < -0.39 is 11.5 Å². The maximum Gasteiger partial charge on any atom is 0.239 e. The summed E-state index contributed by atoms with van der Waals surface area (Å²) in [5.74, 6) is 0.312. The van der Waals surface area contributed by atoms with Crippen molar-refractivity contribution in [1.29, 1.82) is 5.26 Å². The maximum absolute atomic E-state index is 13.7. The highest BCUT2D eigenvalue weighted by atomic mass is 32.1. The van der Waals surface area contributed by atoms with E-state index in [4.69, 9.17) is 15.8 Å². The molecule has 0 saturated heterocycles. The topological polar surface area (TPSA) is 100 Å². The Morgan fingerprint density at radius 1 is 1.19 bits per heavy atom. The predicted octanol–water partition coefficient (Wildman–Crippen LogP) is 4.83. The monoisotopic (exact) mass is 494 g/mol. The number of guanidine groups is 1. The Balaban J connectivity index is 1.43. The van der Waals surface area contributed by atoms with Crippen LogP contribution in [0.4, 0.5) is 0 Å². The van der Waals surface area contributed by atoms with Gasteiger partial charge < -0.3 is 5.73 Å². The van der Waals surface area contributed by atoms with Crippen LogP contribution >= 0.6 is 11.3 Å². The van der Waals surface area contributed by atoms with Crippen LogP contribution in [0.5, 0.6) is 0 Å². The van der Waals surface area contributed by atoms with Crippen LogP contribution in [-0.2, 0) is 16.9 Å². The number of thiophene rings is 1. The molecule has 0 unspecified atom stereocenters. The molecule has 3 heterocycles. The van der Waals surface area contributed by atoms with E-state index in [0.717, 1.165) is 44.9 Å². The van der Waals surface area contributed by atoms with Gasteiger partial charge in [-0.25, -0.2) is 4.99 Å². The summed E-state index contributed by atoms with van der Waals surface area (Å²) in [5.41, 5.74) is 9.74. The molecule has 180 valence electrons. The van der Waals surface area contributed by atoms with E-state index in [1.165, 1.54) is 17.7 Å². The van der Waals surface area contributed by atoms with E-state index in [1.807, 2.05) is 47.3 Å². The lowest BCUT2D eigenvalue weighted by Crippen LogP contribution is -2.52. The van der Waals surface area contributed by atoms with Crippen molar-refractivity contribution in [3.8, 4) is 17.2 Å². The van der Waals surface area contributed by atoms with E-state index in [0.29, 0.717) is 5.56 Å². The van der Waals surface area contributed by atoms with Crippen molar-refractivity contribution in [2.45, 2.75) is 37.8 Å². The van der Waals surface area contributed by atoms with Crippen molar-refractivity contribution in [2.75, 3.05) is 7.05 Å². The molecule has 1 amide bonds. The number of carbonyl (C=O) groups is 1. The molecule has 7 nitrogen and oxygen atoms in total. The second-order valence-electron chi connectivity index (χ2n) is 9.95. The van der Waals surface area contributed by atoms with Gasteiger partial charge >= 0.3 is 0 Å². The van der Waals surface area contributed by atoms with Crippen molar-refractivity contribution < 1.29 is 4.79 Å². The van der Waals surface area contributed by atoms with Crippen molar-refractivity contribution in [3.05, 3.63) is 76.1 Å². The number of hydrogen-bond acceptors (Lipinski definition) is 6. The fourth-order valence-electron chi connectivity index (χ4n) is 5.04. The Kier molecular flexibility index (Phi) is 5.20. The Morgan fingerprint density at radius 2 is 2.03 bits per heavy atom. The molecule has 0 radical (unpaired) electrons. The number of hydrogen-bond donors (Lipinski definition) is 1. The minimum atomic E-state index is -0.874. The standard InChI is InChI=1S/C28H26N6OS/c1-28(24-12-22(16-36-24)19-5-3-4-18(10-19)13-29)25(26(35)33(2)27(30)31-28)20-8-9-23-21(11-20)15-34(32-23)14-17-6-7-17/h3-5,8-12,15-17,25H,6-7,14H2,1-2H3,(H2,30,31)/t25-,28-/m1/s1. The van der Waals surface area contributed by atoms with Gasteiger partial charge in [-0.3, -0.25) is 14.4 Å². The zero-order valence-corrected chi connectivity index (χ0v) is 21.0. The van der Waals surface area contributed by atoms with E-state index in [2.05, 4.69) is 24.4 Å². The molecule has 2 aromatic carbocycles. The van der Waals surface area contributed by atoms with Crippen LogP contribution in [0.2, 0.25) is 0 Å². The van der Waals surface area contributed by atoms with E-state index >= 15 is 0 Å². The molecule has 1 aliphatic heterocycles. The van der Waals surface area contributed by atoms with Crippen LogP contribution in [-0.4, -0.2) is 33.6 Å². The number of benzene rings is 2. The van der Waals surface area contributed by atoms with Gasteiger partial charge in [0.05, 0.1) is 23.1 Å². The van der Waals surface area contributed by atoms with Crippen LogP contribution in [0.1, 0.15) is 41.7 Å². The maximum atomic E-state index is 13.7. The van der Waals surface area contributed by atoms with Gasteiger partial charge in [0.1, 0.15) is 5.54 Å². The lowest BCUT2D eigenvalue weighted by Gasteiger charge is -2.40. The summed E-state index contributed by atoms with van der Waals surface area (Å²) in [6, 6.07) is 17.8. The van der Waals surface area contributed by atoms with Crippen molar-refractivity contribution >= 4 is 34.1 Å². The molecule has 4 aromatic rings. The number of nitriles is 1. The lowest BCUT2D eigenvalue weighted by atomic mass is 9.77. The van der Waals surface area contributed by atoms with Crippen LogP contribution < -0.4 is 5.73 Å². The lowest BCUT2D eigenvalue weighted by molar-refractivity contribution is -0.130. The number of amides is 1. The normalized spacial score (nSPS) is 22.0. The number of fused-ring (bicyclic) bond motifs is 1. The van der Waals surface area contributed by atoms with Crippen LogP contribution in [0.15, 0.2) is 65.1 Å². The zero-order valence-electron chi connectivity index (χ0n) is 20.2. The molecule has 2 atom stereocenters. The van der Waals surface area contributed by atoms with Crippen LogP contribution in [0.3, 0.4) is 0 Å². The highest BCUT2D eigenvalue weighted by molar-refractivity contribution is 7.10. The van der Waals surface area contributed by atoms with Crippen molar-refractivity contribution in [2.24, 2.45) is 16.6 Å². The summed E-state index contributed by atoms with van der Waals surface area (Å²) in [6.45, 7) is 2.93. The molecule has 1 aliphatic carbocycles. The van der Waals surface area contributed by atoms with Gasteiger partial charge in [-0.1, -0.05) is 18.2 Å². The molecule has 2 aliphatic rings. The molecule has 1 saturated carbocycles. The Morgan fingerprint density at radius 3 is 2.81 bits per heavy atom. The van der Waals surface area contributed by atoms with Gasteiger partial charge in [0.2, 0.25) is 5.91 Å². The third-order valence-corrected chi connectivity index (χ3v) is 8.46. The summed E-state index contributed by atoms with van der Waals surface area (Å²) in [5, 5.41) is 17.1. The Hall–Kier alpha value is -3.96. The van der Waals surface area contributed by atoms with Gasteiger partial charge in [-0.15, -0.1) is 11.3 Å². The highest BCUT2D eigenvalue weighted by Crippen LogP contribution is 2.47. The quantitative estimate of drug-likeness (QED) is 0.429. The summed E-state index contributed by atoms with van der Waals surface area (Å²) in [7, 11) is 1.67. The van der Waals surface area contributed by atoms with E-state index in [-0.39, 0.29) is 11.9 Å². The first kappa shape index (κ1) is 22.5. The van der Waals surface area contributed by atoms with Gasteiger partial charge in [-0.2, -0.15) is 10.4 Å². The number of rotatable bonds is 5. The minimum Gasteiger partial charge on any atom is -0.369 e. The third-order valence-electron chi connectivity index (χ3n) is 7.30. The average Bonchev–Trinajstić information content (AvgIpc) is 3.37. The largest absolute Gasteiger partial charge is 0.369 e. The summed E-state index contributed by atoms with van der Waals surface area (Å²) < 4.78 is 2.02. The number of likely N-dealkylation sites (N-methyl/N-ethyl adjacent to an activating group) is 1. The van der Waals surface area contributed by atoms with E-state index in [1.54, 1.807) is 24.5 Å². The number of aromatic nitrogens is 2. The second kappa shape index (κ2) is 8.32. The molecule has 2 N–H and O–H groups in total.